The lowest BCUT2D eigenvalue weighted by Crippen LogP contribution is -2.48. The van der Waals surface area contributed by atoms with Crippen LogP contribution in [0.25, 0.3) is 0 Å². The van der Waals surface area contributed by atoms with Gasteiger partial charge in [-0.1, -0.05) is 11.6 Å². The fraction of sp³-hybridized carbons (Fsp3) is 0.304. The molecule has 1 fully saturated rings. The van der Waals surface area contributed by atoms with Gasteiger partial charge in [0.25, 0.3) is 11.8 Å². The summed E-state index contributed by atoms with van der Waals surface area (Å²) < 4.78 is 5.45. The number of anilines is 2. The van der Waals surface area contributed by atoms with E-state index < -0.39 is 0 Å². The number of halogens is 1. The number of nitrogens with zero attached hydrogens (tertiary/aromatic N) is 2. The van der Waals surface area contributed by atoms with E-state index in [1.54, 1.807) is 31.2 Å². The van der Waals surface area contributed by atoms with Crippen LogP contribution in [0.3, 0.4) is 0 Å². The minimum absolute atomic E-state index is 0.00317. The van der Waals surface area contributed by atoms with E-state index in [4.69, 9.17) is 16.3 Å². The molecule has 0 aliphatic carbocycles. The van der Waals surface area contributed by atoms with Crippen molar-refractivity contribution in [2.45, 2.75) is 6.92 Å². The number of ether oxygens (including phenoxy) is 1. The molecule has 1 N–H and O–H groups in total. The molecule has 2 aliphatic rings. The Balaban J connectivity index is 1.33. The van der Waals surface area contributed by atoms with Crippen LogP contribution in [0.2, 0.25) is 5.02 Å². The van der Waals surface area contributed by atoms with Crippen LogP contribution < -0.4 is 10.2 Å². The summed E-state index contributed by atoms with van der Waals surface area (Å²) in [4.78, 5) is 30.1. The molecule has 2 aliphatic heterocycles. The molecule has 2 aromatic carbocycles. The van der Waals surface area contributed by atoms with Crippen molar-refractivity contribution in [3.63, 3.8) is 0 Å². The maximum Gasteiger partial charge on any atom is 0.265 e. The van der Waals surface area contributed by atoms with Crippen LogP contribution in [0.1, 0.15) is 17.3 Å². The molecule has 4 rings (SSSR count). The van der Waals surface area contributed by atoms with Crippen molar-refractivity contribution < 1.29 is 14.3 Å². The molecule has 2 heterocycles. The number of carbonyl (C=O) groups is 2. The molecule has 6 nitrogen and oxygen atoms in total. The highest BCUT2D eigenvalue weighted by Crippen LogP contribution is 2.27. The summed E-state index contributed by atoms with van der Waals surface area (Å²) in [5, 5.41) is 3.59. The monoisotopic (exact) mass is 457 g/mol. The average Bonchev–Trinajstić information content (AvgIpc) is 2.80. The van der Waals surface area contributed by atoms with Gasteiger partial charge in [-0.15, -0.1) is 11.8 Å². The predicted molar refractivity (Wildman–Crippen MR) is 126 cm³/mol. The van der Waals surface area contributed by atoms with Crippen LogP contribution >= 0.6 is 23.4 Å². The van der Waals surface area contributed by atoms with Gasteiger partial charge in [0.15, 0.2) is 0 Å². The van der Waals surface area contributed by atoms with E-state index in [-0.39, 0.29) is 11.8 Å². The average molecular weight is 458 g/mol. The van der Waals surface area contributed by atoms with Crippen LogP contribution in [0, 0.1) is 0 Å². The van der Waals surface area contributed by atoms with Crippen LogP contribution in [-0.4, -0.2) is 55.3 Å². The standard InChI is InChI=1S/C23H24ClN3O3S/c1-16-21(31-15-14-30-16)22(28)25-19-6-2-17(3-7-19)23(29)27-12-10-26(11-13-27)20-8-4-18(24)5-9-20/h2-9H,10-15H2,1H3,(H,25,28). The molecule has 162 valence electrons. The van der Waals surface area contributed by atoms with Crippen molar-refractivity contribution in [1.29, 1.82) is 0 Å². The largest absolute Gasteiger partial charge is 0.496 e. The number of amides is 2. The number of nitrogens with one attached hydrogen (secondary N) is 1. The summed E-state index contributed by atoms with van der Waals surface area (Å²) in [6.07, 6.45) is 0. The van der Waals surface area contributed by atoms with Crippen LogP contribution in [0.15, 0.2) is 59.2 Å². The highest BCUT2D eigenvalue weighted by Gasteiger charge is 2.23. The van der Waals surface area contributed by atoms with Crippen LogP contribution in [-0.2, 0) is 9.53 Å². The predicted octanol–water partition coefficient (Wildman–Crippen LogP) is 4.24. The van der Waals surface area contributed by atoms with Gasteiger partial charge >= 0.3 is 0 Å². The molecule has 2 aromatic rings. The molecule has 0 aromatic heterocycles. The Morgan fingerprint density at radius 1 is 1.00 bits per heavy atom. The van der Waals surface area contributed by atoms with Gasteiger partial charge in [0.05, 0.1) is 6.61 Å². The molecule has 0 radical (unpaired) electrons. The maximum absolute atomic E-state index is 12.9. The third-order valence-corrected chi connectivity index (χ3v) is 6.71. The van der Waals surface area contributed by atoms with Gasteiger partial charge in [0.1, 0.15) is 10.7 Å². The van der Waals surface area contributed by atoms with Crippen LogP contribution in [0.5, 0.6) is 0 Å². The lowest BCUT2D eigenvalue weighted by atomic mass is 10.1. The Morgan fingerprint density at radius 2 is 1.68 bits per heavy atom. The number of allylic oxidation sites excluding steroid dienone is 1. The molecule has 8 heteroatoms. The summed E-state index contributed by atoms with van der Waals surface area (Å²) in [5.74, 6) is 1.24. The van der Waals surface area contributed by atoms with Crippen molar-refractivity contribution in [2.75, 3.05) is 48.8 Å². The molecule has 2 amide bonds. The minimum Gasteiger partial charge on any atom is -0.496 e. The molecule has 0 unspecified atom stereocenters. The normalized spacial score (nSPS) is 16.7. The third kappa shape index (κ3) is 5.17. The van der Waals surface area contributed by atoms with E-state index in [1.807, 2.05) is 29.2 Å². The minimum atomic E-state index is -0.181. The van der Waals surface area contributed by atoms with Gasteiger partial charge < -0.3 is 19.9 Å². The fourth-order valence-electron chi connectivity index (χ4n) is 3.62. The second kappa shape index (κ2) is 9.66. The number of carbonyl (C=O) groups excluding carboxylic acids is 2. The van der Waals surface area contributed by atoms with E-state index in [1.165, 1.54) is 11.8 Å². The summed E-state index contributed by atoms with van der Waals surface area (Å²) in [7, 11) is 0. The second-order valence-electron chi connectivity index (χ2n) is 7.37. The van der Waals surface area contributed by atoms with E-state index in [0.717, 1.165) is 29.6 Å². The van der Waals surface area contributed by atoms with Gasteiger partial charge in [-0.3, -0.25) is 9.59 Å². The van der Waals surface area contributed by atoms with E-state index in [0.29, 0.717) is 41.6 Å². The quantitative estimate of drug-likeness (QED) is 0.744. The molecule has 0 bridgehead atoms. The van der Waals surface area contributed by atoms with Crippen molar-refractivity contribution in [3.05, 3.63) is 69.8 Å². The summed E-state index contributed by atoms with van der Waals surface area (Å²) in [5.41, 5.74) is 2.38. The molecule has 31 heavy (non-hydrogen) atoms. The summed E-state index contributed by atoms with van der Waals surface area (Å²) in [6, 6.07) is 14.8. The zero-order chi connectivity index (χ0) is 21.8. The molecular formula is C23H24ClN3O3S. The lowest BCUT2D eigenvalue weighted by Gasteiger charge is -2.36. The van der Waals surface area contributed by atoms with Gasteiger partial charge in [-0.25, -0.2) is 0 Å². The van der Waals surface area contributed by atoms with Gasteiger partial charge in [0, 0.05) is 53.9 Å². The zero-order valence-corrected chi connectivity index (χ0v) is 18.8. The highest BCUT2D eigenvalue weighted by molar-refractivity contribution is 8.04. The van der Waals surface area contributed by atoms with Crippen LogP contribution in [0.4, 0.5) is 11.4 Å². The Hall–Kier alpha value is -2.64. The molecule has 0 saturated carbocycles. The third-order valence-electron chi connectivity index (χ3n) is 5.32. The Kier molecular flexibility index (Phi) is 6.73. The van der Waals surface area contributed by atoms with E-state index in [2.05, 4.69) is 10.2 Å². The van der Waals surface area contributed by atoms with Gasteiger partial charge in [0.2, 0.25) is 0 Å². The maximum atomic E-state index is 12.9. The molecule has 0 spiro atoms. The SMILES string of the molecule is CC1=C(C(=O)Nc2ccc(C(=O)N3CCN(c4ccc(Cl)cc4)CC3)cc2)SCCO1. The number of thioether (sulfide) groups is 1. The summed E-state index contributed by atoms with van der Waals surface area (Å²) >= 11 is 7.46. The zero-order valence-electron chi connectivity index (χ0n) is 17.3. The second-order valence-corrected chi connectivity index (χ2v) is 8.91. The molecule has 1 saturated heterocycles. The van der Waals surface area contributed by atoms with Crippen molar-refractivity contribution >= 4 is 46.6 Å². The number of hydrogen-bond donors (Lipinski definition) is 1. The Labute approximate surface area is 191 Å². The van der Waals surface area contributed by atoms with E-state index in [9.17, 15) is 9.59 Å². The van der Waals surface area contributed by atoms with Crippen molar-refractivity contribution in [2.24, 2.45) is 0 Å². The summed E-state index contributed by atoms with van der Waals surface area (Å²) in [6.45, 7) is 5.29. The first kappa shape index (κ1) is 21.6. The topological polar surface area (TPSA) is 61.9 Å². The number of hydrogen-bond acceptors (Lipinski definition) is 5. The van der Waals surface area contributed by atoms with Crippen molar-refractivity contribution in [1.82, 2.24) is 4.90 Å². The Bertz CT molecular complexity index is 984. The van der Waals surface area contributed by atoms with E-state index >= 15 is 0 Å². The smallest absolute Gasteiger partial charge is 0.265 e. The first-order chi connectivity index (χ1) is 15.0. The van der Waals surface area contributed by atoms with Crippen molar-refractivity contribution in [3.8, 4) is 0 Å². The molecular weight excluding hydrogens is 434 g/mol. The lowest BCUT2D eigenvalue weighted by molar-refractivity contribution is -0.112. The Morgan fingerprint density at radius 3 is 2.32 bits per heavy atom. The first-order valence-corrected chi connectivity index (χ1v) is 11.6. The first-order valence-electron chi connectivity index (χ1n) is 10.2. The number of benzene rings is 2. The number of piperazine rings is 1. The number of rotatable bonds is 4. The van der Waals surface area contributed by atoms with Gasteiger partial charge in [-0.05, 0) is 55.5 Å². The van der Waals surface area contributed by atoms with Gasteiger partial charge in [-0.2, -0.15) is 0 Å². The highest BCUT2D eigenvalue weighted by atomic mass is 35.5. The fourth-order valence-corrected chi connectivity index (χ4v) is 4.56. The molecule has 0 atom stereocenters.